The van der Waals surface area contributed by atoms with Crippen molar-refractivity contribution in [3.63, 3.8) is 0 Å². The topological polar surface area (TPSA) is 29.5 Å². The van der Waals surface area contributed by atoms with E-state index in [1.54, 1.807) is 6.07 Å². The van der Waals surface area contributed by atoms with Crippen LogP contribution in [0.1, 0.15) is 46.3 Å². The third-order valence-electron chi connectivity index (χ3n) is 6.01. The molecule has 0 amide bonds. The molecule has 1 saturated heterocycles. The predicted octanol–water partition coefficient (Wildman–Crippen LogP) is 5.74. The van der Waals surface area contributed by atoms with Crippen LogP contribution in [0.5, 0.6) is 5.75 Å². The first kappa shape index (κ1) is 21.9. The Morgan fingerprint density at radius 2 is 1.75 bits per heavy atom. The van der Waals surface area contributed by atoms with Gasteiger partial charge in [0, 0.05) is 17.7 Å². The Kier molecular flexibility index (Phi) is 7.38. The Hall–Kier alpha value is -3.35. The van der Waals surface area contributed by atoms with Crippen molar-refractivity contribution in [2.24, 2.45) is 0 Å². The molecule has 0 spiro atoms. The molecular weight excluding hydrogens is 394 g/mol. The summed E-state index contributed by atoms with van der Waals surface area (Å²) >= 11 is 0. The molecule has 0 atom stereocenters. The lowest BCUT2D eigenvalue weighted by Gasteiger charge is -2.26. The summed E-state index contributed by atoms with van der Waals surface area (Å²) < 4.78 is 5.98. The van der Waals surface area contributed by atoms with Crippen LogP contribution in [0, 0.1) is 18.8 Å². The van der Waals surface area contributed by atoms with Crippen molar-refractivity contribution in [2.45, 2.75) is 26.2 Å². The standard InChI is InChI=1S/C29H29NO2/c1-23-25(11-8-12-28(23)26-9-4-2-5-10-26)15-13-24-14-16-27(22-31)29(21-24)32-20-19-30-17-6-3-7-18-30/h2,4-5,8-12,14,16,21-22H,3,6-7,17-20H2,1H3. The molecule has 3 aromatic rings. The second-order valence-corrected chi connectivity index (χ2v) is 8.22. The lowest BCUT2D eigenvalue weighted by molar-refractivity contribution is 0.111. The van der Waals surface area contributed by atoms with Crippen LogP contribution in [-0.2, 0) is 0 Å². The highest BCUT2D eigenvalue weighted by molar-refractivity contribution is 5.80. The molecule has 1 heterocycles. The van der Waals surface area contributed by atoms with Gasteiger partial charge in [-0.3, -0.25) is 9.69 Å². The zero-order valence-corrected chi connectivity index (χ0v) is 18.6. The molecule has 3 nitrogen and oxygen atoms in total. The first-order chi connectivity index (χ1) is 15.7. The second kappa shape index (κ2) is 10.8. The van der Waals surface area contributed by atoms with E-state index < -0.39 is 0 Å². The van der Waals surface area contributed by atoms with E-state index in [0.717, 1.165) is 42.6 Å². The molecule has 1 aliphatic heterocycles. The quantitative estimate of drug-likeness (QED) is 0.374. The van der Waals surface area contributed by atoms with Crippen LogP contribution in [0.2, 0.25) is 0 Å². The number of rotatable bonds is 6. The minimum atomic E-state index is 0.566. The monoisotopic (exact) mass is 423 g/mol. The molecule has 0 aromatic heterocycles. The van der Waals surface area contributed by atoms with Crippen molar-refractivity contribution in [2.75, 3.05) is 26.2 Å². The molecule has 3 heteroatoms. The van der Waals surface area contributed by atoms with Crippen LogP contribution in [-0.4, -0.2) is 37.4 Å². The summed E-state index contributed by atoms with van der Waals surface area (Å²) in [5.41, 5.74) is 5.94. The molecule has 0 N–H and O–H groups in total. The first-order valence-corrected chi connectivity index (χ1v) is 11.4. The number of piperidine rings is 1. The number of carbonyl (C=O) groups is 1. The van der Waals surface area contributed by atoms with Gasteiger partial charge in [-0.1, -0.05) is 60.7 Å². The Morgan fingerprint density at radius 1 is 0.938 bits per heavy atom. The molecule has 4 rings (SSSR count). The highest BCUT2D eigenvalue weighted by Crippen LogP contribution is 2.25. The van der Waals surface area contributed by atoms with Crippen LogP contribution in [0.4, 0.5) is 0 Å². The van der Waals surface area contributed by atoms with Gasteiger partial charge in [0.1, 0.15) is 12.4 Å². The molecule has 0 saturated carbocycles. The van der Waals surface area contributed by atoms with Crippen molar-refractivity contribution < 1.29 is 9.53 Å². The van der Waals surface area contributed by atoms with Gasteiger partial charge in [-0.25, -0.2) is 0 Å². The molecule has 0 bridgehead atoms. The molecule has 3 aromatic carbocycles. The van der Waals surface area contributed by atoms with Gasteiger partial charge in [-0.15, -0.1) is 0 Å². The normalized spacial score (nSPS) is 13.8. The zero-order valence-electron chi connectivity index (χ0n) is 18.6. The summed E-state index contributed by atoms with van der Waals surface area (Å²) in [6, 6.07) is 22.1. The van der Waals surface area contributed by atoms with E-state index in [9.17, 15) is 4.79 Å². The van der Waals surface area contributed by atoms with Gasteiger partial charge in [0.05, 0.1) is 5.56 Å². The predicted molar refractivity (Wildman–Crippen MR) is 130 cm³/mol. The Bertz CT molecular complexity index is 1120. The highest BCUT2D eigenvalue weighted by Gasteiger charge is 2.11. The van der Waals surface area contributed by atoms with Crippen molar-refractivity contribution >= 4 is 6.29 Å². The molecule has 32 heavy (non-hydrogen) atoms. The summed E-state index contributed by atoms with van der Waals surface area (Å²) in [6.45, 7) is 5.85. The summed E-state index contributed by atoms with van der Waals surface area (Å²) in [4.78, 5) is 13.9. The largest absolute Gasteiger partial charge is 0.491 e. The molecule has 1 fully saturated rings. The maximum absolute atomic E-state index is 11.5. The minimum absolute atomic E-state index is 0.566. The number of hydrogen-bond acceptors (Lipinski definition) is 3. The summed E-state index contributed by atoms with van der Waals surface area (Å²) in [6.07, 6.45) is 4.69. The zero-order chi connectivity index (χ0) is 22.2. The second-order valence-electron chi connectivity index (χ2n) is 8.22. The van der Waals surface area contributed by atoms with Crippen LogP contribution >= 0.6 is 0 Å². The maximum Gasteiger partial charge on any atom is 0.153 e. The average molecular weight is 424 g/mol. The van der Waals surface area contributed by atoms with E-state index in [0.29, 0.717) is 17.9 Å². The third kappa shape index (κ3) is 5.46. The van der Waals surface area contributed by atoms with E-state index in [2.05, 4.69) is 54.0 Å². The van der Waals surface area contributed by atoms with Crippen molar-refractivity contribution in [3.05, 3.63) is 89.0 Å². The van der Waals surface area contributed by atoms with Crippen LogP contribution in [0.3, 0.4) is 0 Å². The van der Waals surface area contributed by atoms with Gasteiger partial charge < -0.3 is 4.74 Å². The lowest BCUT2D eigenvalue weighted by Crippen LogP contribution is -2.33. The number of hydrogen-bond donors (Lipinski definition) is 0. The molecule has 0 radical (unpaired) electrons. The van der Waals surface area contributed by atoms with E-state index in [-0.39, 0.29) is 0 Å². The van der Waals surface area contributed by atoms with E-state index in [4.69, 9.17) is 4.74 Å². The number of carbonyl (C=O) groups excluding carboxylic acids is 1. The minimum Gasteiger partial charge on any atom is -0.491 e. The Balaban J connectivity index is 1.50. The number of likely N-dealkylation sites (tertiary alicyclic amines) is 1. The number of aldehydes is 1. The molecule has 1 aliphatic rings. The fourth-order valence-electron chi connectivity index (χ4n) is 4.14. The molecule has 0 unspecified atom stereocenters. The number of nitrogens with zero attached hydrogens (tertiary/aromatic N) is 1. The van der Waals surface area contributed by atoms with Crippen molar-refractivity contribution in [3.8, 4) is 28.7 Å². The summed E-state index contributed by atoms with van der Waals surface area (Å²) in [5.74, 6) is 7.18. The van der Waals surface area contributed by atoms with E-state index >= 15 is 0 Å². The molecular formula is C29H29NO2. The highest BCUT2D eigenvalue weighted by atomic mass is 16.5. The fourth-order valence-corrected chi connectivity index (χ4v) is 4.14. The van der Waals surface area contributed by atoms with Gasteiger partial charge in [0.25, 0.3) is 0 Å². The van der Waals surface area contributed by atoms with E-state index in [1.165, 1.54) is 30.4 Å². The molecule has 0 aliphatic carbocycles. The lowest BCUT2D eigenvalue weighted by atomic mass is 9.96. The summed E-state index contributed by atoms with van der Waals surface area (Å²) in [5, 5.41) is 0. The Morgan fingerprint density at radius 3 is 2.53 bits per heavy atom. The Labute approximate surface area is 191 Å². The van der Waals surface area contributed by atoms with Crippen molar-refractivity contribution in [1.29, 1.82) is 0 Å². The van der Waals surface area contributed by atoms with Gasteiger partial charge in [0.15, 0.2) is 6.29 Å². The smallest absolute Gasteiger partial charge is 0.153 e. The van der Waals surface area contributed by atoms with Crippen molar-refractivity contribution in [1.82, 2.24) is 4.90 Å². The van der Waals surface area contributed by atoms with E-state index in [1.807, 2.05) is 30.3 Å². The SMILES string of the molecule is Cc1c(C#Cc2ccc(C=O)c(OCCN3CCCCC3)c2)cccc1-c1ccccc1. The van der Waals surface area contributed by atoms with Gasteiger partial charge in [-0.05, 0) is 73.8 Å². The number of ether oxygens (including phenoxy) is 1. The van der Waals surface area contributed by atoms with Crippen LogP contribution in [0.15, 0.2) is 66.7 Å². The van der Waals surface area contributed by atoms with Gasteiger partial charge in [0.2, 0.25) is 0 Å². The summed E-state index contributed by atoms with van der Waals surface area (Å²) in [7, 11) is 0. The molecule has 162 valence electrons. The van der Waals surface area contributed by atoms with Crippen LogP contribution in [0.25, 0.3) is 11.1 Å². The first-order valence-electron chi connectivity index (χ1n) is 11.4. The van der Waals surface area contributed by atoms with Gasteiger partial charge in [-0.2, -0.15) is 0 Å². The number of benzene rings is 3. The average Bonchev–Trinajstić information content (AvgIpc) is 2.85. The van der Waals surface area contributed by atoms with Crippen LogP contribution < -0.4 is 4.74 Å². The maximum atomic E-state index is 11.5. The van der Waals surface area contributed by atoms with Gasteiger partial charge >= 0.3 is 0 Å². The third-order valence-corrected chi connectivity index (χ3v) is 6.01. The fraction of sp³-hybridized carbons (Fsp3) is 0.276.